The molecule has 0 aliphatic rings. The Morgan fingerprint density at radius 2 is 2.23 bits per heavy atom. The van der Waals surface area contributed by atoms with E-state index in [0.29, 0.717) is 41.5 Å². The van der Waals surface area contributed by atoms with Crippen LogP contribution in [-0.4, -0.2) is 47.1 Å². The Hall–Kier alpha value is -2.94. The van der Waals surface area contributed by atoms with Gasteiger partial charge in [-0.1, -0.05) is 6.08 Å². The number of fused-ring (bicyclic) bond motifs is 1. The minimum absolute atomic E-state index is 0.0470. The highest BCUT2D eigenvalue weighted by atomic mass is 16.3. The van der Waals surface area contributed by atoms with Gasteiger partial charge in [0.25, 0.3) is 0 Å². The van der Waals surface area contributed by atoms with Crippen LogP contribution in [0.2, 0.25) is 0 Å². The van der Waals surface area contributed by atoms with Gasteiger partial charge in [0, 0.05) is 31.9 Å². The van der Waals surface area contributed by atoms with E-state index in [0.717, 1.165) is 5.69 Å². The summed E-state index contributed by atoms with van der Waals surface area (Å²) in [4.78, 5) is 24.4. The normalized spacial score (nSPS) is 12.5. The zero-order valence-electron chi connectivity index (χ0n) is 15.2. The number of allylic oxidation sites excluding steroid dienone is 1. The van der Waals surface area contributed by atoms with E-state index in [9.17, 15) is 4.79 Å². The monoisotopic (exact) mass is 357 g/mol. The van der Waals surface area contributed by atoms with Crippen LogP contribution in [0, 0.1) is 6.92 Å². The number of hydrogen-bond acceptors (Lipinski definition) is 6. The van der Waals surface area contributed by atoms with Crippen molar-refractivity contribution < 1.29 is 5.11 Å². The number of nitrogens with zero attached hydrogens (tertiary/aromatic N) is 5. The fraction of sp³-hybridized carbons (Fsp3) is 0.412. The van der Waals surface area contributed by atoms with Crippen LogP contribution in [0.5, 0.6) is 0 Å². The lowest BCUT2D eigenvalue weighted by molar-refractivity contribution is 0.282. The molecule has 26 heavy (non-hydrogen) atoms. The molecule has 0 aromatic carbocycles. The number of aryl methyl sites for hydroxylation is 2. The quantitative estimate of drug-likeness (QED) is 0.548. The predicted octanol–water partition coefficient (Wildman–Crippen LogP) is 1.20. The largest absolute Gasteiger partial charge is 0.396 e. The van der Waals surface area contributed by atoms with Gasteiger partial charge in [-0.3, -0.25) is 9.25 Å². The van der Waals surface area contributed by atoms with E-state index < -0.39 is 5.69 Å². The van der Waals surface area contributed by atoms with Crippen LogP contribution in [-0.2, 0) is 13.6 Å². The first-order valence-corrected chi connectivity index (χ1v) is 8.44. The number of imidazole rings is 1. The molecule has 3 heterocycles. The summed E-state index contributed by atoms with van der Waals surface area (Å²) < 4.78 is 3.22. The van der Waals surface area contributed by atoms with Crippen LogP contribution < -0.4 is 11.0 Å². The molecule has 0 aliphatic carbocycles. The standard InChI is InChI=1S/C17H23N7O2/c1-5-7-24-16-13(15(21-17(24)26)18-10(2)6-8-25)19-14(20-16)12-9-11(3)23(4)22-12/h5,9-10,25H,1,6-8H2,2-4H3,(H,19,20)(H,18,21,26)/t10-/m1/s1. The molecule has 3 N–H and O–H groups in total. The fourth-order valence-corrected chi connectivity index (χ4v) is 2.72. The first kappa shape index (κ1) is 17.9. The minimum Gasteiger partial charge on any atom is -0.396 e. The number of H-pyrrole nitrogens is 1. The molecule has 0 amide bonds. The number of aromatic nitrogens is 6. The molecule has 1 atom stereocenters. The van der Waals surface area contributed by atoms with Crippen molar-refractivity contribution in [2.45, 2.75) is 32.9 Å². The van der Waals surface area contributed by atoms with E-state index in [1.165, 1.54) is 4.57 Å². The van der Waals surface area contributed by atoms with Crippen molar-refractivity contribution in [1.29, 1.82) is 0 Å². The lowest BCUT2D eigenvalue weighted by atomic mass is 10.2. The fourth-order valence-electron chi connectivity index (χ4n) is 2.72. The van der Waals surface area contributed by atoms with Gasteiger partial charge in [-0.25, -0.2) is 9.78 Å². The third-order valence-electron chi connectivity index (χ3n) is 4.23. The van der Waals surface area contributed by atoms with E-state index in [-0.39, 0.29) is 12.6 Å². The molecule has 9 heteroatoms. The number of nitrogens with one attached hydrogen (secondary N) is 2. The van der Waals surface area contributed by atoms with Gasteiger partial charge in [0.1, 0.15) is 11.2 Å². The van der Waals surface area contributed by atoms with E-state index in [2.05, 4.69) is 31.9 Å². The van der Waals surface area contributed by atoms with Crippen LogP contribution in [0.3, 0.4) is 0 Å². The number of aliphatic hydroxyl groups excluding tert-OH is 1. The Kier molecular flexibility index (Phi) is 4.90. The highest BCUT2D eigenvalue weighted by molar-refractivity contribution is 5.85. The van der Waals surface area contributed by atoms with E-state index in [4.69, 9.17) is 5.11 Å². The minimum atomic E-state index is -0.411. The van der Waals surface area contributed by atoms with Crippen molar-refractivity contribution in [3.05, 3.63) is 34.9 Å². The summed E-state index contributed by atoms with van der Waals surface area (Å²) in [5.74, 6) is 0.976. The van der Waals surface area contributed by atoms with Crippen molar-refractivity contribution in [1.82, 2.24) is 29.3 Å². The van der Waals surface area contributed by atoms with Crippen LogP contribution in [0.15, 0.2) is 23.5 Å². The van der Waals surface area contributed by atoms with Gasteiger partial charge < -0.3 is 15.4 Å². The van der Waals surface area contributed by atoms with Gasteiger partial charge in [0.05, 0.1) is 0 Å². The third-order valence-corrected chi connectivity index (χ3v) is 4.23. The molecule has 0 saturated heterocycles. The highest BCUT2D eigenvalue weighted by Crippen LogP contribution is 2.23. The predicted molar refractivity (Wildman–Crippen MR) is 100 cm³/mol. The lowest BCUT2D eigenvalue weighted by Gasteiger charge is -2.14. The molecule has 138 valence electrons. The van der Waals surface area contributed by atoms with Crippen molar-refractivity contribution in [2.24, 2.45) is 7.05 Å². The second kappa shape index (κ2) is 7.12. The summed E-state index contributed by atoms with van der Waals surface area (Å²) in [6, 6.07) is 1.87. The van der Waals surface area contributed by atoms with Crippen molar-refractivity contribution in [3.8, 4) is 11.5 Å². The summed E-state index contributed by atoms with van der Waals surface area (Å²) in [5, 5.41) is 16.7. The maximum absolute atomic E-state index is 12.4. The third kappa shape index (κ3) is 3.25. The maximum Gasteiger partial charge on any atom is 0.351 e. The second-order valence-corrected chi connectivity index (χ2v) is 6.28. The summed E-state index contributed by atoms with van der Waals surface area (Å²) in [6.45, 7) is 7.92. The summed E-state index contributed by atoms with van der Waals surface area (Å²) in [7, 11) is 1.86. The molecule has 3 aromatic rings. The van der Waals surface area contributed by atoms with Gasteiger partial charge in [-0.05, 0) is 26.3 Å². The molecule has 0 spiro atoms. The summed E-state index contributed by atoms with van der Waals surface area (Å²) in [5.41, 5.74) is 2.38. The van der Waals surface area contributed by atoms with Crippen LogP contribution in [0.1, 0.15) is 19.0 Å². The Bertz CT molecular complexity index is 979. The number of anilines is 1. The number of aromatic amines is 1. The van der Waals surface area contributed by atoms with Crippen molar-refractivity contribution in [2.75, 3.05) is 11.9 Å². The first-order valence-electron chi connectivity index (χ1n) is 8.44. The van der Waals surface area contributed by atoms with Crippen molar-refractivity contribution in [3.63, 3.8) is 0 Å². The lowest BCUT2D eigenvalue weighted by Crippen LogP contribution is -2.26. The molecule has 3 aromatic heterocycles. The second-order valence-electron chi connectivity index (χ2n) is 6.28. The number of rotatable bonds is 7. The average molecular weight is 357 g/mol. The number of aliphatic hydroxyl groups is 1. The molecule has 0 fully saturated rings. The molecule has 0 unspecified atom stereocenters. The molecular weight excluding hydrogens is 334 g/mol. The van der Waals surface area contributed by atoms with E-state index in [1.807, 2.05) is 27.0 Å². The Morgan fingerprint density at radius 3 is 2.85 bits per heavy atom. The van der Waals surface area contributed by atoms with Crippen LogP contribution in [0.25, 0.3) is 22.7 Å². The zero-order valence-corrected chi connectivity index (χ0v) is 15.2. The van der Waals surface area contributed by atoms with Crippen LogP contribution >= 0.6 is 0 Å². The highest BCUT2D eigenvalue weighted by Gasteiger charge is 2.18. The molecular formula is C17H23N7O2. The first-order chi connectivity index (χ1) is 12.4. The van der Waals surface area contributed by atoms with Gasteiger partial charge in [0.15, 0.2) is 17.3 Å². The van der Waals surface area contributed by atoms with Gasteiger partial charge in [0.2, 0.25) is 0 Å². The summed E-state index contributed by atoms with van der Waals surface area (Å²) in [6.07, 6.45) is 2.17. The van der Waals surface area contributed by atoms with Crippen LogP contribution in [0.4, 0.5) is 5.82 Å². The molecule has 9 nitrogen and oxygen atoms in total. The molecule has 3 rings (SSSR count). The summed E-state index contributed by atoms with van der Waals surface area (Å²) >= 11 is 0. The smallest absolute Gasteiger partial charge is 0.351 e. The molecule has 0 bridgehead atoms. The van der Waals surface area contributed by atoms with Crippen molar-refractivity contribution >= 4 is 17.0 Å². The van der Waals surface area contributed by atoms with Gasteiger partial charge >= 0.3 is 5.69 Å². The maximum atomic E-state index is 12.4. The topological polar surface area (TPSA) is 114 Å². The molecule has 0 aliphatic heterocycles. The van der Waals surface area contributed by atoms with E-state index in [1.54, 1.807) is 10.8 Å². The number of hydrogen-bond donors (Lipinski definition) is 3. The molecule has 0 saturated carbocycles. The average Bonchev–Trinajstić information content (AvgIpc) is 3.16. The zero-order chi connectivity index (χ0) is 18.8. The Morgan fingerprint density at radius 1 is 1.46 bits per heavy atom. The Balaban J connectivity index is 2.17. The SMILES string of the molecule is C=CCn1c(=O)nc(N[C@H](C)CCO)c2[nH]c(-c3cc(C)n(C)n3)nc21. The molecule has 0 radical (unpaired) electrons. The van der Waals surface area contributed by atoms with Gasteiger partial charge in [-0.2, -0.15) is 10.1 Å². The Labute approximate surface area is 150 Å². The van der Waals surface area contributed by atoms with Gasteiger partial charge in [-0.15, -0.1) is 6.58 Å². The van der Waals surface area contributed by atoms with E-state index >= 15 is 0 Å².